The van der Waals surface area contributed by atoms with Crippen LogP contribution in [0, 0.1) is 5.92 Å². The summed E-state index contributed by atoms with van der Waals surface area (Å²) >= 11 is 3.10. The molecule has 0 fully saturated rings. The van der Waals surface area contributed by atoms with E-state index in [9.17, 15) is 9.59 Å². The number of ether oxygens (including phenoxy) is 2. The van der Waals surface area contributed by atoms with E-state index in [2.05, 4.69) is 25.4 Å². The lowest BCUT2D eigenvalue weighted by atomic mass is 10.0. The topological polar surface area (TPSA) is 52.6 Å². The summed E-state index contributed by atoms with van der Waals surface area (Å²) in [6, 6.07) is 0. The van der Waals surface area contributed by atoms with Gasteiger partial charge in [-0.3, -0.25) is 9.59 Å². The van der Waals surface area contributed by atoms with E-state index in [1.807, 2.05) is 0 Å². The first kappa shape index (κ1) is 12.4. The standard InChI is InChI=1S/C8H13BrO4/c1-4-5(7(10)12-2)6(9)8(11)13-3/h5-6H,4H2,1-3H3/t5-,6+/m0/s1. The van der Waals surface area contributed by atoms with Gasteiger partial charge >= 0.3 is 11.9 Å². The quantitative estimate of drug-likeness (QED) is 0.556. The molecular weight excluding hydrogens is 240 g/mol. The SMILES string of the molecule is CC[C@H](C(=O)OC)[C@@H](Br)C(=O)OC. The van der Waals surface area contributed by atoms with Crippen LogP contribution in [0.1, 0.15) is 13.3 Å². The van der Waals surface area contributed by atoms with Crippen molar-refractivity contribution in [1.29, 1.82) is 0 Å². The summed E-state index contributed by atoms with van der Waals surface area (Å²) in [7, 11) is 2.57. The summed E-state index contributed by atoms with van der Waals surface area (Å²) in [6.45, 7) is 1.80. The summed E-state index contributed by atoms with van der Waals surface area (Å²) in [5, 5.41) is 0. The molecule has 0 aliphatic carbocycles. The first-order chi connectivity index (χ1) is 6.08. The van der Waals surface area contributed by atoms with Gasteiger partial charge in [0.15, 0.2) is 0 Å². The molecule has 76 valence electrons. The predicted molar refractivity (Wildman–Crippen MR) is 50.5 cm³/mol. The van der Waals surface area contributed by atoms with Crippen molar-refractivity contribution in [2.75, 3.05) is 14.2 Å². The Morgan fingerprint density at radius 3 is 2.00 bits per heavy atom. The number of carbonyl (C=O) groups excluding carboxylic acids is 2. The number of carbonyl (C=O) groups is 2. The van der Waals surface area contributed by atoms with Crippen molar-refractivity contribution in [2.45, 2.75) is 18.2 Å². The normalized spacial score (nSPS) is 14.5. The number of hydrogen-bond acceptors (Lipinski definition) is 4. The summed E-state index contributed by atoms with van der Waals surface area (Å²) in [4.78, 5) is 21.6. The van der Waals surface area contributed by atoms with E-state index in [1.54, 1.807) is 6.92 Å². The molecule has 0 amide bonds. The van der Waals surface area contributed by atoms with Crippen LogP contribution in [0.4, 0.5) is 0 Å². The van der Waals surface area contributed by atoms with E-state index in [0.717, 1.165) is 0 Å². The maximum absolute atomic E-state index is 11.1. The smallest absolute Gasteiger partial charge is 0.320 e. The van der Waals surface area contributed by atoms with Crippen LogP contribution in [0.15, 0.2) is 0 Å². The van der Waals surface area contributed by atoms with E-state index >= 15 is 0 Å². The Balaban J connectivity index is 4.39. The Kier molecular flexibility index (Phi) is 5.70. The third kappa shape index (κ3) is 3.34. The van der Waals surface area contributed by atoms with Crippen molar-refractivity contribution < 1.29 is 19.1 Å². The number of alkyl halides is 1. The molecule has 0 unspecified atom stereocenters. The highest BCUT2D eigenvalue weighted by atomic mass is 79.9. The Morgan fingerprint density at radius 1 is 1.23 bits per heavy atom. The van der Waals surface area contributed by atoms with Crippen LogP contribution in [0.3, 0.4) is 0 Å². The molecule has 13 heavy (non-hydrogen) atoms. The molecule has 0 aromatic rings. The Bertz CT molecular complexity index is 193. The first-order valence-electron chi connectivity index (χ1n) is 3.88. The van der Waals surface area contributed by atoms with E-state index in [-0.39, 0.29) is 0 Å². The molecule has 0 N–H and O–H groups in total. The second kappa shape index (κ2) is 5.96. The molecular formula is C8H13BrO4. The lowest BCUT2D eigenvalue weighted by molar-refractivity contribution is -0.151. The minimum absolute atomic E-state index is 0.408. The van der Waals surface area contributed by atoms with Gasteiger partial charge in [-0.25, -0.2) is 0 Å². The molecule has 0 saturated heterocycles. The van der Waals surface area contributed by atoms with Gasteiger partial charge in [0, 0.05) is 0 Å². The molecule has 0 aliphatic heterocycles. The van der Waals surface area contributed by atoms with Crippen molar-refractivity contribution >= 4 is 27.9 Å². The zero-order valence-corrected chi connectivity index (χ0v) is 9.46. The van der Waals surface area contributed by atoms with Gasteiger partial charge < -0.3 is 9.47 Å². The highest BCUT2D eigenvalue weighted by Gasteiger charge is 2.31. The van der Waals surface area contributed by atoms with Crippen molar-refractivity contribution in [1.82, 2.24) is 0 Å². The molecule has 0 aromatic heterocycles. The average molecular weight is 253 g/mol. The second-order valence-electron chi connectivity index (χ2n) is 2.46. The van der Waals surface area contributed by atoms with Crippen LogP contribution in [0.25, 0.3) is 0 Å². The van der Waals surface area contributed by atoms with Crippen LogP contribution in [-0.2, 0) is 19.1 Å². The Labute approximate surface area is 85.7 Å². The number of methoxy groups -OCH3 is 2. The highest BCUT2D eigenvalue weighted by Crippen LogP contribution is 2.19. The fourth-order valence-corrected chi connectivity index (χ4v) is 1.70. The number of hydrogen-bond donors (Lipinski definition) is 0. The minimum atomic E-state index is -0.630. The molecule has 0 radical (unpaired) electrons. The summed E-state index contributed by atoms with van der Waals surface area (Å²) < 4.78 is 9.04. The van der Waals surface area contributed by atoms with E-state index in [0.29, 0.717) is 6.42 Å². The molecule has 4 nitrogen and oxygen atoms in total. The van der Waals surface area contributed by atoms with E-state index in [1.165, 1.54) is 14.2 Å². The van der Waals surface area contributed by atoms with Crippen molar-refractivity contribution in [3.63, 3.8) is 0 Å². The maximum atomic E-state index is 11.1. The summed E-state index contributed by atoms with van der Waals surface area (Å²) in [6.07, 6.45) is 0.525. The lowest BCUT2D eigenvalue weighted by Crippen LogP contribution is -2.31. The maximum Gasteiger partial charge on any atom is 0.320 e. The van der Waals surface area contributed by atoms with Crippen LogP contribution in [0.5, 0.6) is 0 Å². The average Bonchev–Trinajstić information content (AvgIpc) is 2.17. The van der Waals surface area contributed by atoms with Gasteiger partial charge in [-0.05, 0) is 6.42 Å². The van der Waals surface area contributed by atoms with E-state index in [4.69, 9.17) is 0 Å². The fraction of sp³-hybridized carbons (Fsp3) is 0.750. The van der Waals surface area contributed by atoms with Crippen LogP contribution < -0.4 is 0 Å². The molecule has 0 aromatic carbocycles. The third-order valence-corrected chi connectivity index (χ3v) is 2.74. The predicted octanol–water partition coefficient (Wildman–Crippen LogP) is 1.12. The zero-order chi connectivity index (χ0) is 10.4. The van der Waals surface area contributed by atoms with Crippen LogP contribution in [0.2, 0.25) is 0 Å². The van der Waals surface area contributed by atoms with Crippen LogP contribution >= 0.6 is 15.9 Å². The molecule has 5 heteroatoms. The Morgan fingerprint density at radius 2 is 1.69 bits per heavy atom. The number of rotatable bonds is 4. The van der Waals surface area contributed by atoms with Crippen molar-refractivity contribution in [3.05, 3.63) is 0 Å². The van der Waals surface area contributed by atoms with Gasteiger partial charge in [0.1, 0.15) is 4.83 Å². The minimum Gasteiger partial charge on any atom is -0.469 e. The van der Waals surface area contributed by atoms with Gasteiger partial charge in [-0.1, -0.05) is 22.9 Å². The largest absolute Gasteiger partial charge is 0.469 e. The number of esters is 2. The van der Waals surface area contributed by atoms with Crippen molar-refractivity contribution in [3.8, 4) is 0 Å². The fourth-order valence-electron chi connectivity index (χ4n) is 0.921. The Hall–Kier alpha value is -0.580. The molecule has 0 heterocycles. The first-order valence-corrected chi connectivity index (χ1v) is 4.79. The zero-order valence-electron chi connectivity index (χ0n) is 7.87. The van der Waals surface area contributed by atoms with Crippen molar-refractivity contribution in [2.24, 2.45) is 5.92 Å². The van der Waals surface area contributed by atoms with Gasteiger partial charge in [-0.2, -0.15) is 0 Å². The number of halogens is 1. The molecule has 0 bridgehead atoms. The molecule has 0 rings (SSSR count). The monoisotopic (exact) mass is 252 g/mol. The lowest BCUT2D eigenvalue weighted by Gasteiger charge is -2.16. The molecule has 0 aliphatic rings. The van der Waals surface area contributed by atoms with Gasteiger partial charge in [0.25, 0.3) is 0 Å². The molecule has 0 saturated carbocycles. The van der Waals surface area contributed by atoms with Gasteiger partial charge in [0.05, 0.1) is 20.1 Å². The third-order valence-electron chi connectivity index (χ3n) is 1.72. The second-order valence-corrected chi connectivity index (χ2v) is 3.45. The summed E-state index contributed by atoms with van der Waals surface area (Å²) in [5.74, 6) is -1.36. The summed E-state index contributed by atoms with van der Waals surface area (Å²) in [5.41, 5.74) is 0. The van der Waals surface area contributed by atoms with Gasteiger partial charge in [-0.15, -0.1) is 0 Å². The van der Waals surface area contributed by atoms with Gasteiger partial charge in [0.2, 0.25) is 0 Å². The van der Waals surface area contributed by atoms with E-state index < -0.39 is 22.7 Å². The molecule has 2 atom stereocenters. The van der Waals surface area contributed by atoms with Crippen LogP contribution in [-0.4, -0.2) is 31.0 Å². The highest BCUT2D eigenvalue weighted by molar-refractivity contribution is 9.10. The molecule has 0 spiro atoms.